The van der Waals surface area contributed by atoms with Gasteiger partial charge in [-0.15, -0.1) is 0 Å². The average Bonchev–Trinajstić information content (AvgIpc) is 2.41. The normalized spacial score (nSPS) is 25.5. The highest BCUT2D eigenvalue weighted by atomic mass is 16.5. The fraction of sp³-hybridized carbons (Fsp3) is 1.00. The fourth-order valence-electron chi connectivity index (χ4n) is 1.38. The first-order valence-electron chi connectivity index (χ1n) is 4.16. The molecule has 0 aliphatic carbocycles. The first-order valence-corrected chi connectivity index (χ1v) is 4.16. The average molecular weight is 143 g/mol. The largest absolute Gasteiger partial charge is 0.381 e. The second-order valence-corrected chi connectivity index (χ2v) is 2.98. The molecule has 0 aromatic rings. The lowest BCUT2D eigenvalue weighted by atomic mass is 10.0. The predicted molar refractivity (Wildman–Crippen MR) is 42.1 cm³/mol. The Kier molecular flexibility index (Phi) is 3.76. The van der Waals surface area contributed by atoms with Crippen molar-refractivity contribution in [2.45, 2.75) is 19.3 Å². The van der Waals surface area contributed by atoms with Crippen LogP contribution in [0.5, 0.6) is 0 Å². The number of nitrogens with one attached hydrogen (secondary N) is 1. The highest BCUT2D eigenvalue weighted by Gasteiger charge is 2.13. The van der Waals surface area contributed by atoms with Gasteiger partial charge in [0.25, 0.3) is 0 Å². The first-order chi connectivity index (χ1) is 4.93. The van der Waals surface area contributed by atoms with E-state index >= 15 is 0 Å². The molecule has 0 radical (unpaired) electrons. The Bertz CT molecular complexity index is 79.3. The summed E-state index contributed by atoms with van der Waals surface area (Å²) in [6.45, 7) is 3.14. The molecule has 2 heteroatoms. The predicted octanol–water partition coefficient (Wildman–Crippen LogP) is 1.02. The molecular formula is C8H17NO. The number of ether oxygens (including phenoxy) is 1. The van der Waals surface area contributed by atoms with Gasteiger partial charge in [-0.3, -0.25) is 0 Å². The monoisotopic (exact) mass is 143 g/mol. The minimum absolute atomic E-state index is 0.855. The molecule has 0 spiro atoms. The van der Waals surface area contributed by atoms with Crippen LogP contribution < -0.4 is 5.32 Å². The zero-order chi connectivity index (χ0) is 7.23. The van der Waals surface area contributed by atoms with Crippen molar-refractivity contribution < 1.29 is 4.74 Å². The van der Waals surface area contributed by atoms with Crippen molar-refractivity contribution in [2.75, 3.05) is 26.8 Å². The Morgan fingerprint density at radius 2 is 2.50 bits per heavy atom. The van der Waals surface area contributed by atoms with Crippen molar-refractivity contribution in [1.29, 1.82) is 0 Å². The van der Waals surface area contributed by atoms with Gasteiger partial charge in [0.2, 0.25) is 0 Å². The lowest BCUT2D eigenvalue weighted by molar-refractivity contribution is 0.184. The molecule has 1 atom stereocenters. The number of hydrogen-bond acceptors (Lipinski definition) is 2. The van der Waals surface area contributed by atoms with E-state index in [4.69, 9.17) is 4.74 Å². The van der Waals surface area contributed by atoms with Crippen LogP contribution in [0.25, 0.3) is 0 Å². The van der Waals surface area contributed by atoms with Gasteiger partial charge in [0, 0.05) is 13.2 Å². The summed E-state index contributed by atoms with van der Waals surface area (Å²) in [5, 5.41) is 3.15. The molecule has 0 bridgehead atoms. The third-order valence-corrected chi connectivity index (χ3v) is 2.06. The summed E-state index contributed by atoms with van der Waals surface area (Å²) in [4.78, 5) is 0. The highest BCUT2D eigenvalue weighted by molar-refractivity contribution is 4.63. The van der Waals surface area contributed by atoms with Gasteiger partial charge in [0.15, 0.2) is 0 Å². The van der Waals surface area contributed by atoms with Crippen LogP contribution in [-0.4, -0.2) is 26.8 Å². The molecule has 2 nitrogen and oxygen atoms in total. The Morgan fingerprint density at radius 1 is 1.60 bits per heavy atom. The molecule has 10 heavy (non-hydrogen) atoms. The Balaban J connectivity index is 1.91. The molecule has 1 unspecified atom stereocenters. The molecule has 1 N–H and O–H groups in total. The van der Waals surface area contributed by atoms with Gasteiger partial charge in [-0.05, 0) is 38.8 Å². The van der Waals surface area contributed by atoms with Crippen molar-refractivity contribution in [2.24, 2.45) is 5.92 Å². The van der Waals surface area contributed by atoms with E-state index in [1.54, 1.807) is 0 Å². The molecule has 0 aromatic heterocycles. The summed E-state index contributed by atoms with van der Waals surface area (Å²) < 4.78 is 5.27. The van der Waals surface area contributed by atoms with Crippen molar-refractivity contribution >= 4 is 0 Å². The lowest BCUT2D eigenvalue weighted by Gasteiger charge is -2.05. The van der Waals surface area contributed by atoms with E-state index in [9.17, 15) is 0 Å². The van der Waals surface area contributed by atoms with E-state index in [1.807, 2.05) is 7.05 Å². The molecule has 1 rings (SSSR count). The van der Waals surface area contributed by atoms with Crippen LogP contribution in [0.2, 0.25) is 0 Å². The van der Waals surface area contributed by atoms with Crippen molar-refractivity contribution in [1.82, 2.24) is 5.32 Å². The molecule has 1 aliphatic heterocycles. The van der Waals surface area contributed by atoms with Crippen LogP contribution in [0.3, 0.4) is 0 Å². The number of hydrogen-bond donors (Lipinski definition) is 1. The summed E-state index contributed by atoms with van der Waals surface area (Å²) in [6.07, 6.45) is 3.91. The Hall–Kier alpha value is -0.0800. The van der Waals surface area contributed by atoms with Gasteiger partial charge in [0.1, 0.15) is 0 Å². The summed E-state index contributed by atoms with van der Waals surface area (Å²) in [5.74, 6) is 0.855. The second-order valence-electron chi connectivity index (χ2n) is 2.98. The van der Waals surface area contributed by atoms with E-state index < -0.39 is 0 Å². The van der Waals surface area contributed by atoms with Crippen molar-refractivity contribution in [3.05, 3.63) is 0 Å². The third-order valence-electron chi connectivity index (χ3n) is 2.06. The van der Waals surface area contributed by atoms with E-state index in [0.717, 1.165) is 25.7 Å². The van der Waals surface area contributed by atoms with Gasteiger partial charge in [-0.2, -0.15) is 0 Å². The standard InChI is InChI=1S/C8H17NO/c1-9-5-2-3-8-4-6-10-7-8/h8-9H,2-7H2,1H3. The quantitative estimate of drug-likeness (QED) is 0.593. The lowest BCUT2D eigenvalue weighted by Crippen LogP contribution is -2.10. The van der Waals surface area contributed by atoms with E-state index in [2.05, 4.69) is 5.32 Å². The van der Waals surface area contributed by atoms with Crippen LogP contribution in [0.4, 0.5) is 0 Å². The first kappa shape index (κ1) is 8.02. The van der Waals surface area contributed by atoms with Crippen LogP contribution >= 0.6 is 0 Å². The molecule has 60 valence electrons. The second kappa shape index (κ2) is 4.69. The summed E-state index contributed by atoms with van der Waals surface area (Å²) in [5.41, 5.74) is 0. The van der Waals surface area contributed by atoms with Crippen LogP contribution in [0.15, 0.2) is 0 Å². The van der Waals surface area contributed by atoms with Crippen LogP contribution in [-0.2, 0) is 4.74 Å². The maximum absolute atomic E-state index is 5.27. The Morgan fingerprint density at radius 3 is 3.10 bits per heavy atom. The maximum Gasteiger partial charge on any atom is 0.0495 e. The SMILES string of the molecule is CNCCCC1CCOC1. The zero-order valence-corrected chi connectivity index (χ0v) is 6.73. The van der Waals surface area contributed by atoms with Crippen molar-refractivity contribution in [3.8, 4) is 0 Å². The third kappa shape index (κ3) is 2.67. The summed E-state index contributed by atoms with van der Waals surface area (Å²) >= 11 is 0. The minimum Gasteiger partial charge on any atom is -0.381 e. The molecule has 1 fully saturated rings. The molecule has 1 heterocycles. The smallest absolute Gasteiger partial charge is 0.0495 e. The zero-order valence-electron chi connectivity index (χ0n) is 6.73. The fourth-order valence-corrected chi connectivity index (χ4v) is 1.38. The van der Waals surface area contributed by atoms with E-state index in [1.165, 1.54) is 19.3 Å². The molecule has 1 saturated heterocycles. The van der Waals surface area contributed by atoms with Crippen molar-refractivity contribution in [3.63, 3.8) is 0 Å². The van der Waals surface area contributed by atoms with E-state index in [-0.39, 0.29) is 0 Å². The molecule has 1 aliphatic rings. The maximum atomic E-state index is 5.27. The van der Waals surface area contributed by atoms with Gasteiger partial charge < -0.3 is 10.1 Å². The minimum atomic E-state index is 0.855. The Labute approximate surface area is 63.0 Å². The molecule has 0 saturated carbocycles. The van der Waals surface area contributed by atoms with E-state index in [0.29, 0.717) is 0 Å². The molecule has 0 amide bonds. The van der Waals surface area contributed by atoms with Crippen LogP contribution in [0, 0.1) is 5.92 Å². The van der Waals surface area contributed by atoms with Gasteiger partial charge in [-0.25, -0.2) is 0 Å². The topological polar surface area (TPSA) is 21.3 Å². The summed E-state index contributed by atoms with van der Waals surface area (Å²) in [6, 6.07) is 0. The van der Waals surface area contributed by atoms with Crippen LogP contribution in [0.1, 0.15) is 19.3 Å². The number of rotatable bonds is 4. The molecule has 0 aromatic carbocycles. The highest BCUT2D eigenvalue weighted by Crippen LogP contribution is 2.17. The van der Waals surface area contributed by atoms with Gasteiger partial charge in [-0.1, -0.05) is 0 Å². The summed E-state index contributed by atoms with van der Waals surface area (Å²) in [7, 11) is 2.01. The van der Waals surface area contributed by atoms with Gasteiger partial charge >= 0.3 is 0 Å². The van der Waals surface area contributed by atoms with Gasteiger partial charge in [0.05, 0.1) is 0 Å². The molecular weight excluding hydrogens is 126 g/mol.